The predicted molar refractivity (Wildman–Crippen MR) is 95.8 cm³/mol. The minimum Gasteiger partial charge on any atom is -0.313 e. The van der Waals surface area contributed by atoms with E-state index in [0.717, 1.165) is 27.9 Å². The van der Waals surface area contributed by atoms with Crippen LogP contribution in [-0.2, 0) is 0 Å². The Labute approximate surface area is 142 Å². The van der Waals surface area contributed by atoms with Crippen molar-refractivity contribution in [2.75, 3.05) is 6.54 Å². The van der Waals surface area contributed by atoms with Crippen molar-refractivity contribution in [3.63, 3.8) is 0 Å². The Balaban J connectivity index is 2.07. The fourth-order valence-electron chi connectivity index (χ4n) is 3.06. The van der Waals surface area contributed by atoms with Gasteiger partial charge in [0.1, 0.15) is 5.03 Å². The van der Waals surface area contributed by atoms with Crippen LogP contribution >= 0.6 is 27.7 Å². The predicted octanol–water partition coefficient (Wildman–Crippen LogP) is 5.13. The van der Waals surface area contributed by atoms with Gasteiger partial charge in [0, 0.05) is 22.0 Å². The molecule has 3 unspecified atom stereocenters. The Morgan fingerprint density at radius 3 is 2.90 bits per heavy atom. The molecular weight excluding hydrogens is 344 g/mol. The van der Waals surface area contributed by atoms with Crippen LogP contribution in [0.5, 0.6) is 0 Å². The second kappa shape index (κ2) is 8.54. The average molecular weight is 371 g/mol. The van der Waals surface area contributed by atoms with Crippen molar-refractivity contribution in [3.8, 4) is 0 Å². The van der Waals surface area contributed by atoms with Crippen LogP contribution in [0.2, 0.25) is 0 Å². The van der Waals surface area contributed by atoms with Crippen LogP contribution in [-0.4, -0.2) is 22.8 Å². The normalized spacial score (nSPS) is 26.2. The lowest BCUT2D eigenvalue weighted by Gasteiger charge is -2.38. The van der Waals surface area contributed by atoms with Gasteiger partial charge in [-0.2, -0.15) is 0 Å². The summed E-state index contributed by atoms with van der Waals surface area (Å²) in [6.07, 6.45) is 7.05. The molecule has 21 heavy (non-hydrogen) atoms. The van der Waals surface area contributed by atoms with E-state index in [1.54, 1.807) is 0 Å². The first-order valence-corrected chi connectivity index (χ1v) is 9.79. The van der Waals surface area contributed by atoms with E-state index in [9.17, 15) is 0 Å². The van der Waals surface area contributed by atoms with Gasteiger partial charge in [0.25, 0.3) is 0 Å². The summed E-state index contributed by atoms with van der Waals surface area (Å²) >= 11 is 5.59. The smallest absolute Gasteiger partial charge is 0.110 e. The average Bonchev–Trinajstić information content (AvgIpc) is 2.48. The standard InChI is InChI=1S/C17H27BrN2S/c1-4-9-19-15-8-7-13(12(2)3)11-16(15)21-17-14(18)6-5-10-20-17/h5-6,10,12-13,15-16,19H,4,7-9,11H2,1-3H3. The number of rotatable bonds is 6. The fourth-order valence-corrected chi connectivity index (χ4v) is 4.92. The minimum atomic E-state index is 0.624. The van der Waals surface area contributed by atoms with E-state index in [1.807, 2.05) is 24.0 Å². The van der Waals surface area contributed by atoms with E-state index in [1.165, 1.54) is 25.7 Å². The van der Waals surface area contributed by atoms with E-state index in [2.05, 4.69) is 53.1 Å². The molecular formula is C17H27BrN2S. The van der Waals surface area contributed by atoms with Crippen LogP contribution in [0.25, 0.3) is 0 Å². The van der Waals surface area contributed by atoms with E-state index < -0.39 is 0 Å². The topological polar surface area (TPSA) is 24.9 Å². The summed E-state index contributed by atoms with van der Waals surface area (Å²) in [5.74, 6) is 1.64. The highest BCUT2D eigenvalue weighted by atomic mass is 79.9. The van der Waals surface area contributed by atoms with Gasteiger partial charge >= 0.3 is 0 Å². The monoisotopic (exact) mass is 370 g/mol. The second-order valence-corrected chi connectivity index (χ2v) is 8.41. The number of thioether (sulfide) groups is 1. The summed E-state index contributed by atoms with van der Waals surface area (Å²) in [4.78, 5) is 4.55. The van der Waals surface area contributed by atoms with Crippen LogP contribution in [0.1, 0.15) is 46.5 Å². The molecule has 0 radical (unpaired) electrons. The van der Waals surface area contributed by atoms with Crippen LogP contribution < -0.4 is 5.32 Å². The summed E-state index contributed by atoms with van der Waals surface area (Å²) in [5.41, 5.74) is 0. The summed E-state index contributed by atoms with van der Waals surface area (Å²) in [6.45, 7) is 8.09. The molecule has 2 rings (SSSR count). The number of hydrogen-bond acceptors (Lipinski definition) is 3. The molecule has 4 heteroatoms. The lowest BCUT2D eigenvalue weighted by atomic mass is 9.79. The number of nitrogens with one attached hydrogen (secondary N) is 1. The zero-order valence-electron chi connectivity index (χ0n) is 13.3. The third-order valence-electron chi connectivity index (χ3n) is 4.42. The van der Waals surface area contributed by atoms with E-state index in [0.29, 0.717) is 11.3 Å². The molecule has 3 atom stereocenters. The molecule has 1 aromatic rings. The molecule has 1 heterocycles. The quantitative estimate of drug-likeness (QED) is 0.750. The van der Waals surface area contributed by atoms with Crippen molar-refractivity contribution in [2.24, 2.45) is 11.8 Å². The van der Waals surface area contributed by atoms with Gasteiger partial charge in [-0.1, -0.05) is 20.8 Å². The van der Waals surface area contributed by atoms with Gasteiger partial charge in [0.05, 0.1) is 0 Å². The summed E-state index contributed by atoms with van der Waals surface area (Å²) < 4.78 is 1.12. The number of aromatic nitrogens is 1. The molecule has 118 valence electrons. The first-order valence-electron chi connectivity index (χ1n) is 8.12. The van der Waals surface area contributed by atoms with E-state index in [4.69, 9.17) is 0 Å². The Morgan fingerprint density at radius 1 is 1.43 bits per heavy atom. The molecule has 1 saturated carbocycles. The maximum absolute atomic E-state index is 4.55. The van der Waals surface area contributed by atoms with Crippen molar-refractivity contribution in [1.29, 1.82) is 0 Å². The minimum absolute atomic E-state index is 0.624. The van der Waals surface area contributed by atoms with Gasteiger partial charge in [-0.15, -0.1) is 11.8 Å². The zero-order chi connectivity index (χ0) is 15.2. The number of pyridine rings is 1. The summed E-state index contributed by atoms with van der Waals surface area (Å²) in [6, 6.07) is 4.70. The molecule has 1 fully saturated rings. The van der Waals surface area contributed by atoms with Crippen LogP contribution in [0.15, 0.2) is 27.8 Å². The van der Waals surface area contributed by atoms with Gasteiger partial charge in [0.2, 0.25) is 0 Å². The van der Waals surface area contributed by atoms with Crippen LogP contribution in [0.4, 0.5) is 0 Å². The molecule has 0 saturated heterocycles. The summed E-state index contributed by atoms with van der Waals surface area (Å²) in [7, 11) is 0. The highest BCUT2D eigenvalue weighted by molar-refractivity contribution is 9.10. The number of nitrogens with zero attached hydrogens (tertiary/aromatic N) is 1. The van der Waals surface area contributed by atoms with Crippen molar-refractivity contribution >= 4 is 27.7 Å². The highest BCUT2D eigenvalue weighted by Gasteiger charge is 2.32. The van der Waals surface area contributed by atoms with E-state index >= 15 is 0 Å². The van der Waals surface area contributed by atoms with Crippen molar-refractivity contribution in [3.05, 3.63) is 22.8 Å². The van der Waals surface area contributed by atoms with Crippen molar-refractivity contribution < 1.29 is 0 Å². The van der Waals surface area contributed by atoms with Crippen molar-refractivity contribution in [2.45, 2.75) is 62.8 Å². The molecule has 0 aliphatic heterocycles. The molecule has 0 bridgehead atoms. The largest absolute Gasteiger partial charge is 0.313 e. The van der Waals surface area contributed by atoms with Crippen LogP contribution in [0.3, 0.4) is 0 Å². The third-order valence-corrected chi connectivity index (χ3v) is 6.69. The first-order chi connectivity index (χ1) is 10.1. The van der Waals surface area contributed by atoms with Crippen LogP contribution in [0, 0.1) is 11.8 Å². The SMILES string of the molecule is CCCNC1CCC(C(C)C)CC1Sc1ncccc1Br. The third kappa shape index (κ3) is 4.97. The Hall–Kier alpha value is -0.0600. The molecule has 2 nitrogen and oxygen atoms in total. The Morgan fingerprint density at radius 2 is 2.24 bits per heavy atom. The molecule has 0 aromatic carbocycles. The molecule has 1 aromatic heterocycles. The lowest BCUT2D eigenvalue weighted by Crippen LogP contribution is -2.43. The van der Waals surface area contributed by atoms with Gasteiger partial charge in [-0.05, 0) is 72.1 Å². The van der Waals surface area contributed by atoms with E-state index in [-0.39, 0.29) is 0 Å². The lowest BCUT2D eigenvalue weighted by molar-refractivity contribution is 0.246. The Kier molecular flexibility index (Phi) is 7.03. The van der Waals surface area contributed by atoms with Gasteiger partial charge < -0.3 is 5.32 Å². The highest BCUT2D eigenvalue weighted by Crippen LogP contribution is 2.40. The molecule has 1 N–H and O–H groups in total. The van der Waals surface area contributed by atoms with Crippen molar-refractivity contribution in [1.82, 2.24) is 10.3 Å². The molecule has 1 aliphatic carbocycles. The van der Waals surface area contributed by atoms with Gasteiger partial charge in [0.15, 0.2) is 0 Å². The fraction of sp³-hybridized carbons (Fsp3) is 0.706. The maximum atomic E-state index is 4.55. The molecule has 0 spiro atoms. The number of hydrogen-bond donors (Lipinski definition) is 1. The Bertz CT molecular complexity index is 439. The summed E-state index contributed by atoms with van der Waals surface area (Å²) in [5, 5.41) is 5.52. The second-order valence-electron chi connectivity index (χ2n) is 6.32. The zero-order valence-corrected chi connectivity index (χ0v) is 15.7. The van der Waals surface area contributed by atoms with Gasteiger partial charge in [-0.25, -0.2) is 4.98 Å². The van der Waals surface area contributed by atoms with Gasteiger partial charge in [-0.3, -0.25) is 0 Å². The molecule has 1 aliphatic rings. The first kappa shape index (κ1) is 17.3. The maximum Gasteiger partial charge on any atom is 0.110 e. The number of halogens is 1. The molecule has 0 amide bonds.